The van der Waals surface area contributed by atoms with Crippen LogP contribution in [-0.4, -0.2) is 28.5 Å². The van der Waals surface area contributed by atoms with Crippen molar-refractivity contribution < 1.29 is 22.7 Å². The summed E-state index contributed by atoms with van der Waals surface area (Å²) in [5.74, 6) is -3.23. The Morgan fingerprint density at radius 1 is 1.25 bits per heavy atom. The van der Waals surface area contributed by atoms with Gasteiger partial charge in [0.25, 0.3) is 5.91 Å². The fraction of sp³-hybridized carbons (Fsp3) is 0.250. The highest BCUT2D eigenvalue weighted by Gasteiger charge is 2.22. The monoisotopic (exact) mass is 354 g/mol. The molecule has 1 aliphatic heterocycles. The molecule has 1 atom stereocenters. The van der Waals surface area contributed by atoms with E-state index in [2.05, 4.69) is 10.3 Å². The first-order valence-electron chi connectivity index (χ1n) is 7.20. The molecule has 2 heterocycles. The van der Waals surface area contributed by atoms with Gasteiger partial charge in [0, 0.05) is 11.9 Å². The first-order chi connectivity index (χ1) is 11.6. The number of hydrogen-bond acceptors (Lipinski definition) is 4. The third kappa shape index (κ3) is 3.48. The summed E-state index contributed by atoms with van der Waals surface area (Å²) in [4.78, 5) is 16.4. The van der Waals surface area contributed by atoms with Crippen molar-refractivity contribution in [1.29, 1.82) is 0 Å². The number of ether oxygens (including phenoxy) is 1. The van der Waals surface area contributed by atoms with Crippen molar-refractivity contribution in [2.45, 2.75) is 12.5 Å². The van der Waals surface area contributed by atoms with Gasteiger partial charge in [-0.3, -0.25) is 4.79 Å². The van der Waals surface area contributed by atoms with Crippen molar-refractivity contribution >= 4 is 23.4 Å². The number of anilines is 1. The highest BCUT2D eigenvalue weighted by atomic mass is 32.2. The molecule has 24 heavy (non-hydrogen) atoms. The van der Waals surface area contributed by atoms with Crippen LogP contribution in [0.1, 0.15) is 16.8 Å². The van der Waals surface area contributed by atoms with Crippen LogP contribution < -0.4 is 10.1 Å². The normalized spacial score (nSPS) is 16.9. The van der Waals surface area contributed by atoms with Crippen molar-refractivity contribution in [2.24, 2.45) is 0 Å². The Morgan fingerprint density at radius 2 is 2.08 bits per heavy atom. The van der Waals surface area contributed by atoms with Gasteiger partial charge >= 0.3 is 0 Å². The Bertz CT molecular complexity index is 767. The third-order valence-corrected chi connectivity index (χ3v) is 4.60. The number of amides is 1. The molecule has 3 rings (SSSR count). The number of halogens is 3. The second kappa shape index (κ2) is 7.12. The molecule has 8 heteroatoms. The van der Waals surface area contributed by atoms with E-state index < -0.39 is 29.0 Å². The van der Waals surface area contributed by atoms with Crippen molar-refractivity contribution in [3.05, 3.63) is 53.5 Å². The van der Waals surface area contributed by atoms with Gasteiger partial charge in [0.2, 0.25) is 5.88 Å². The average Bonchev–Trinajstić information content (AvgIpc) is 3.09. The van der Waals surface area contributed by atoms with Crippen LogP contribution in [0.4, 0.5) is 18.9 Å². The van der Waals surface area contributed by atoms with Crippen LogP contribution >= 0.6 is 11.8 Å². The van der Waals surface area contributed by atoms with E-state index >= 15 is 0 Å². The van der Waals surface area contributed by atoms with E-state index in [4.69, 9.17) is 4.74 Å². The number of carbonyl (C=O) groups excluding carboxylic acids is 1. The molecule has 1 N–H and O–H groups in total. The maximum Gasteiger partial charge on any atom is 0.261 e. The molecular weight excluding hydrogens is 341 g/mol. The third-order valence-electron chi connectivity index (χ3n) is 3.47. The van der Waals surface area contributed by atoms with E-state index in [0.29, 0.717) is 0 Å². The van der Waals surface area contributed by atoms with Crippen molar-refractivity contribution in [3.8, 4) is 5.88 Å². The Morgan fingerprint density at radius 3 is 2.83 bits per heavy atom. The number of nitrogens with zero attached hydrogens (tertiary/aromatic N) is 1. The highest BCUT2D eigenvalue weighted by Crippen LogP contribution is 2.25. The molecule has 1 aromatic heterocycles. The van der Waals surface area contributed by atoms with Gasteiger partial charge in [0.1, 0.15) is 11.7 Å². The number of pyridine rings is 1. The Labute approximate surface area is 140 Å². The summed E-state index contributed by atoms with van der Waals surface area (Å²) in [6.45, 7) is 0. The number of hydrogen-bond donors (Lipinski definition) is 1. The largest absolute Gasteiger partial charge is 0.473 e. The van der Waals surface area contributed by atoms with Crippen molar-refractivity contribution in [1.82, 2.24) is 4.98 Å². The molecule has 4 nitrogen and oxygen atoms in total. The number of benzene rings is 1. The molecule has 1 aliphatic rings. The summed E-state index contributed by atoms with van der Waals surface area (Å²) < 4.78 is 45.6. The van der Waals surface area contributed by atoms with Gasteiger partial charge in [-0.15, -0.1) is 0 Å². The van der Waals surface area contributed by atoms with E-state index in [1.54, 1.807) is 11.8 Å². The summed E-state index contributed by atoms with van der Waals surface area (Å²) >= 11 is 1.74. The number of aromatic nitrogens is 1. The topological polar surface area (TPSA) is 51.2 Å². The quantitative estimate of drug-likeness (QED) is 0.852. The number of nitrogens with one attached hydrogen (secondary N) is 1. The van der Waals surface area contributed by atoms with Crippen molar-refractivity contribution in [3.63, 3.8) is 0 Å². The molecule has 126 valence electrons. The van der Waals surface area contributed by atoms with E-state index in [0.717, 1.165) is 30.1 Å². The molecule has 0 bridgehead atoms. The van der Waals surface area contributed by atoms with Gasteiger partial charge in [0.15, 0.2) is 17.5 Å². The van der Waals surface area contributed by atoms with Gasteiger partial charge < -0.3 is 10.1 Å². The molecular formula is C16H13F3N2O2S. The standard InChI is InChI=1S/C16H13F3N2O2S/c17-11-3-4-12(14(19)13(11)18)21-15(22)10-2-1-6-20-16(10)23-9-5-7-24-8-9/h1-4,6,9H,5,7-8H2,(H,21,22). The van der Waals surface area contributed by atoms with Crippen LogP contribution in [0.5, 0.6) is 5.88 Å². The van der Waals surface area contributed by atoms with Crippen LogP contribution in [0.25, 0.3) is 0 Å². The lowest BCUT2D eigenvalue weighted by Crippen LogP contribution is -2.20. The maximum atomic E-state index is 13.7. The first-order valence-corrected chi connectivity index (χ1v) is 8.36. The van der Waals surface area contributed by atoms with Crippen LogP contribution in [0.2, 0.25) is 0 Å². The lowest BCUT2D eigenvalue weighted by molar-refractivity contribution is 0.101. The average molecular weight is 354 g/mol. The zero-order chi connectivity index (χ0) is 17.1. The summed E-state index contributed by atoms with van der Waals surface area (Å²) in [6, 6.07) is 4.70. The van der Waals surface area contributed by atoms with Crippen LogP contribution in [0.3, 0.4) is 0 Å². The summed E-state index contributed by atoms with van der Waals surface area (Å²) in [5, 5.41) is 2.21. The molecule has 2 aromatic rings. The molecule has 0 spiro atoms. The smallest absolute Gasteiger partial charge is 0.261 e. The van der Waals surface area contributed by atoms with Gasteiger partial charge in [-0.2, -0.15) is 11.8 Å². The lowest BCUT2D eigenvalue weighted by atomic mass is 10.2. The van der Waals surface area contributed by atoms with Crippen LogP contribution in [0, 0.1) is 17.5 Å². The van der Waals surface area contributed by atoms with Gasteiger partial charge in [-0.05, 0) is 36.4 Å². The molecule has 1 aromatic carbocycles. The zero-order valence-corrected chi connectivity index (χ0v) is 13.2. The van der Waals surface area contributed by atoms with Crippen LogP contribution in [0.15, 0.2) is 30.5 Å². The summed E-state index contributed by atoms with van der Waals surface area (Å²) in [5.41, 5.74) is -0.358. The lowest BCUT2D eigenvalue weighted by Gasteiger charge is -2.14. The number of rotatable bonds is 4. The first kappa shape index (κ1) is 16.6. The van der Waals surface area contributed by atoms with E-state index in [-0.39, 0.29) is 17.5 Å². The minimum absolute atomic E-state index is 0.0450. The predicted octanol–water partition coefficient (Wildman–Crippen LogP) is 3.64. The van der Waals surface area contributed by atoms with Gasteiger partial charge in [-0.25, -0.2) is 18.2 Å². The van der Waals surface area contributed by atoms with E-state index in [9.17, 15) is 18.0 Å². The number of thioether (sulfide) groups is 1. The molecule has 0 aliphatic carbocycles. The summed E-state index contributed by atoms with van der Waals surface area (Å²) in [6.07, 6.45) is 2.28. The van der Waals surface area contributed by atoms with Crippen molar-refractivity contribution in [2.75, 3.05) is 16.8 Å². The summed E-state index contributed by atoms with van der Waals surface area (Å²) in [7, 11) is 0. The molecule has 1 fully saturated rings. The molecule has 0 radical (unpaired) electrons. The minimum Gasteiger partial charge on any atom is -0.473 e. The zero-order valence-electron chi connectivity index (χ0n) is 12.4. The fourth-order valence-electron chi connectivity index (χ4n) is 2.23. The van der Waals surface area contributed by atoms with Gasteiger partial charge in [0.05, 0.1) is 5.69 Å². The Hall–Kier alpha value is -2.22. The molecule has 0 saturated carbocycles. The molecule has 1 saturated heterocycles. The Kier molecular flexibility index (Phi) is 4.94. The SMILES string of the molecule is O=C(Nc1ccc(F)c(F)c1F)c1cccnc1OC1CCSC1. The second-order valence-electron chi connectivity index (χ2n) is 5.14. The Balaban J connectivity index is 1.81. The van der Waals surface area contributed by atoms with E-state index in [1.165, 1.54) is 18.3 Å². The van der Waals surface area contributed by atoms with Gasteiger partial charge in [-0.1, -0.05) is 0 Å². The van der Waals surface area contributed by atoms with Crippen LogP contribution in [-0.2, 0) is 0 Å². The minimum atomic E-state index is -1.64. The second-order valence-corrected chi connectivity index (χ2v) is 6.29. The maximum absolute atomic E-state index is 13.7. The predicted molar refractivity (Wildman–Crippen MR) is 84.9 cm³/mol. The highest BCUT2D eigenvalue weighted by molar-refractivity contribution is 7.99. The molecule has 1 amide bonds. The van der Waals surface area contributed by atoms with E-state index in [1.807, 2.05) is 0 Å². The fourth-order valence-corrected chi connectivity index (χ4v) is 3.33. The molecule has 1 unspecified atom stereocenters. The number of carbonyl (C=O) groups is 1.